The summed E-state index contributed by atoms with van der Waals surface area (Å²) >= 11 is 3.58. The molecule has 37 heavy (non-hydrogen) atoms. The molecule has 6 rings (SSSR count). The first-order valence-electron chi connectivity index (χ1n) is 12.8. The molecule has 0 radical (unpaired) electrons. The van der Waals surface area contributed by atoms with Crippen LogP contribution >= 0.6 is 15.9 Å². The van der Waals surface area contributed by atoms with E-state index in [2.05, 4.69) is 37.5 Å². The zero-order valence-corrected chi connectivity index (χ0v) is 22.1. The summed E-state index contributed by atoms with van der Waals surface area (Å²) in [5.41, 5.74) is 5.24. The van der Waals surface area contributed by atoms with Crippen molar-refractivity contribution in [3.8, 4) is 0 Å². The summed E-state index contributed by atoms with van der Waals surface area (Å²) in [6.45, 7) is 4.44. The summed E-state index contributed by atoms with van der Waals surface area (Å²) < 4.78 is 21.3. The van der Waals surface area contributed by atoms with Crippen molar-refractivity contribution < 1.29 is 13.9 Å². The van der Waals surface area contributed by atoms with E-state index in [9.17, 15) is 9.18 Å². The molecule has 3 aliphatic heterocycles. The average Bonchev–Trinajstić information content (AvgIpc) is 3.19. The molecule has 1 saturated carbocycles. The SMILES string of the molecule is O=C1CN(c2ccccc2F)C(=NCCN2CCOCC2)C1=C1NC(=C2CCC2)c2ccc(Br)cc2N1. The molecular weight excluding hydrogens is 537 g/mol. The van der Waals surface area contributed by atoms with Gasteiger partial charge in [0.1, 0.15) is 23.0 Å². The van der Waals surface area contributed by atoms with Crippen molar-refractivity contribution in [1.29, 1.82) is 0 Å². The number of rotatable bonds is 4. The maximum Gasteiger partial charge on any atom is 0.189 e. The number of anilines is 2. The van der Waals surface area contributed by atoms with Gasteiger partial charge in [-0.05, 0) is 55.2 Å². The number of morpholine rings is 1. The number of carbonyl (C=O) groups excluding carboxylic acids is 1. The van der Waals surface area contributed by atoms with Crippen molar-refractivity contribution in [3.05, 3.63) is 75.3 Å². The molecule has 2 N–H and O–H groups in total. The Balaban J connectivity index is 1.41. The zero-order chi connectivity index (χ0) is 25.4. The number of amidine groups is 1. The third-order valence-electron chi connectivity index (χ3n) is 7.31. The number of halogens is 2. The zero-order valence-electron chi connectivity index (χ0n) is 20.5. The van der Waals surface area contributed by atoms with Crippen molar-refractivity contribution >= 4 is 44.6 Å². The fraction of sp³-hybridized carbons (Fsp3) is 0.357. The van der Waals surface area contributed by atoms with E-state index < -0.39 is 0 Å². The molecule has 0 spiro atoms. The van der Waals surface area contributed by atoms with Crippen LogP contribution in [0.2, 0.25) is 0 Å². The Morgan fingerprint density at radius 2 is 1.89 bits per heavy atom. The highest BCUT2D eigenvalue weighted by molar-refractivity contribution is 9.10. The number of nitrogens with zero attached hydrogens (tertiary/aromatic N) is 3. The summed E-state index contributed by atoms with van der Waals surface area (Å²) in [6.07, 6.45) is 3.24. The predicted molar refractivity (Wildman–Crippen MR) is 147 cm³/mol. The molecule has 2 aromatic carbocycles. The normalized spacial score (nSPS) is 23.1. The van der Waals surface area contributed by atoms with Crippen LogP contribution in [-0.4, -0.2) is 62.5 Å². The van der Waals surface area contributed by atoms with Gasteiger partial charge >= 0.3 is 0 Å². The Hall–Kier alpha value is -3.01. The molecule has 0 amide bonds. The lowest BCUT2D eigenvalue weighted by Gasteiger charge is -2.31. The number of aliphatic imine (C=N–C) groups is 1. The third kappa shape index (κ3) is 4.83. The van der Waals surface area contributed by atoms with E-state index in [1.165, 1.54) is 18.1 Å². The molecule has 0 aromatic heterocycles. The van der Waals surface area contributed by atoms with Crippen molar-refractivity contribution in [2.24, 2.45) is 4.99 Å². The van der Waals surface area contributed by atoms with Crippen LogP contribution in [0.25, 0.3) is 5.70 Å². The maximum atomic E-state index is 14.9. The number of ether oxygens (including phenoxy) is 1. The molecule has 3 heterocycles. The van der Waals surface area contributed by atoms with E-state index >= 15 is 0 Å². The molecule has 2 aromatic rings. The highest BCUT2D eigenvalue weighted by atomic mass is 79.9. The molecule has 9 heteroatoms. The minimum Gasteiger partial charge on any atom is -0.379 e. The first kappa shape index (κ1) is 24.3. The van der Waals surface area contributed by atoms with E-state index in [4.69, 9.17) is 9.73 Å². The van der Waals surface area contributed by atoms with Crippen LogP contribution in [0.3, 0.4) is 0 Å². The highest BCUT2D eigenvalue weighted by Crippen LogP contribution is 2.40. The smallest absolute Gasteiger partial charge is 0.189 e. The van der Waals surface area contributed by atoms with E-state index in [1.54, 1.807) is 23.1 Å². The number of para-hydroxylation sites is 1. The molecule has 0 unspecified atom stereocenters. The van der Waals surface area contributed by atoms with Gasteiger partial charge in [-0.3, -0.25) is 14.7 Å². The second-order valence-electron chi connectivity index (χ2n) is 9.64. The van der Waals surface area contributed by atoms with Gasteiger partial charge in [-0.15, -0.1) is 0 Å². The molecular formula is C28H29BrFN5O2. The Morgan fingerprint density at radius 1 is 1.08 bits per heavy atom. The van der Waals surface area contributed by atoms with Crippen molar-refractivity contribution in [2.45, 2.75) is 19.3 Å². The van der Waals surface area contributed by atoms with E-state index in [0.29, 0.717) is 42.7 Å². The molecule has 0 atom stereocenters. The summed E-state index contributed by atoms with van der Waals surface area (Å²) in [4.78, 5) is 22.5. The number of fused-ring (bicyclic) bond motifs is 1. The first-order valence-corrected chi connectivity index (χ1v) is 13.6. The van der Waals surface area contributed by atoms with Crippen LogP contribution in [0.1, 0.15) is 24.8 Å². The van der Waals surface area contributed by atoms with E-state index in [-0.39, 0.29) is 18.1 Å². The molecule has 7 nitrogen and oxygen atoms in total. The third-order valence-corrected chi connectivity index (χ3v) is 7.80. The number of benzene rings is 2. The Bertz CT molecular complexity index is 1330. The van der Waals surface area contributed by atoms with Gasteiger partial charge in [0.2, 0.25) is 0 Å². The molecule has 192 valence electrons. The summed E-state index contributed by atoms with van der Waals surface area (Å²) in [7, 11) is 0. The topological polar surface area (TPSA) is 69.2 Å². The predicted octanol–water partition coefficient (Wildman–Crippen LogP) is 4.53. The molecule has 1 aliphatic carbocycles. The van der Waals surface area contributed by atoms with Crippen molar-refractivity contribution in [3.63, 3.8) is 0 Å². The Kier molecular flexibility index (Phi) is 6.84. The number of hydrogen-bond acceptors (Lipinski definition) is 6. The van der Waals surface area contributed by atoms with Gasteiger partial charge in [-0.2, -0.15) is 0 Å². The fourth-order valence-corrected chi connectivity index (χ4v) is 5.53. The van der Waals surface area contributed by atoms with Crippen molar-refractivity contribution in [1.82, 2.24) is 10.2 Å². The van der Waals surface area contributed by atoms with Gasteiger partial charge in [0.15, 0.2) is 5.78 Å². The molecule has 0 bridgehead atoms. The Labute approximate surface area is 224 Å². The number of allylic oxidation sites excluding steroid dienone is 1. The average molecular weight is 566 g/mol. The highest BCUT2D eigenvalue weighted by Gasteiger charge is 2.38. The quantitative estimate of drug-likeness (QED) is 0.531. The maximum absolute atomic E-state index is 14.9. The summed E-state index contributed by atoms with van der Waals surface area (Å²) in [5.74, 6) is 0.627. The van der Waals surface area contributed by atoms with Crippen molar-refractivity contribution in [2.75, 3.05) is 56.2 Å². The van der Waals surface area contributed by atoms with Crippen LogP contribution in [0.15, 0.2) is 68.9 Å². The lowest BCUT2D eigenvalue weighted by molar-refractivity contribution is -0.113. The van der Waals surface area contributed by atoms with Gasteiger partial charge in [-0.1, -0.05) is 28.1 Å². The second-order valence-corrected chi connectivity index (χ2v) is 10.6. The summed E-state index contributed by atoms with van der Waals surface area (Å²) in [6, 6.07) is 12.7. The number of Topliss-reactive ketones (excluding diaryl/α,β-unsaturated/α-hetero) is 1. The van der Waals surface area contributed by atoms with Gasteiger partial charge in [-0.25, -0.2) is 4.39 Å². The van der Waals surface area contributed by atoms with Crippen LogP contribution in [0.5, 0.6) is 0 Å². The largest absolute Gasteiger partial charge is 0.379 e. The minimum absolute atomic E-state index is 0.0385. The molecule has 3 fully saturated rings. The van der Waals surface area contributed by atoms with Gasteiger partial charge in [0.25, 0.3) is 0 Å². The Morgan fingerprint density at radius 3 is 2.65 bits per heavy atom. The second kappa shape index (κ2) is 10.4. The first-order chi connectivity index (χ1) is 18.1. The number of nitrogens with one attached hydrogen (secondary N) is 2. The lowest BCUT2D eigenvalue weighted by Crippen LogP contribution is -2.38. The van der Waals surface area contributed by atoms with Crippen LogP contribution in [0.4, 0.5) is 15.8 Å². The fourth-order valence-electron chi connectivity index (χ4n) is 5.17. The molecule has 4 aliphatic rings. The number of ketones is 1. The minimum atomic E-state index is -0.376. The van der Waals surface area contributed by atoms with Gasteiger partial charge in [0, 0.05) is 35.4 Å². The molecule has 2 saturated heterocycles. The number of hydrogen-bond donors (Lipinski definition) is 2. The van der Waals surface area contributed by atoms with Gasteiger partial charge < -0.3 is 20.3 Å². The van der Waals surface area contributed by atoms with Crippen LogP contribution in [-0.2, 0) is 9.53 Å². The lowest BCUT2D eigenvalue weighted by atomic mass is 9.87. The monoisotopic (exact) mass is 565 g/mol. The van der Waals surface area contributed by atoms with Crippen LogP contribution < -0.4 is 15.5 Å². The number of carbonyl (C=O) groups is 1. The standard InChI is InChI=1S/C28H29BrFN5O2/c29-19-8-9-20-22(16-19)32-27(33-26(20)18-4-3-5-18)25-24(36)17-35(23-7-2-1-6-21(23)30)28(25)31-10-11-34-12-14-37-15-13-34/h1-2,6-9,16,32-33H,3-5,10-15,17H2. The van der Waals surface area contributed by atoms with E-state index in [1.807, 2.05) is 12.1 Å². The van der Waals surface area contributed by atoms with E-state index in [0.717, 1.165) is 53.9 Å². The van der Waals surface area contributed by atoms with Crippen LogP contribution in [0, 0.1) is 5.82 Å². The van der Waals surface area contributed by atoms with Gasteiger partial charge in [0.05, 0.1) is 37.7 Å². The summed E-state index contributed by atoms with van der Waals surface area (Å²) in [5, 5.41) is 7.00.